The molecule has 1 atom stereocenters. The van der Waals surface area contributed by atoms with Crippen LogP contribution in [0, 0.1) is 0 Å². The molecule has 1 amide bonds. The van der Waals surface area contributed by atoms with Crippen molar-refractivity contribution in [2.24, 2.45) is 0 Å². The lowest BCUT2D eigenvalue weighted by atomic mass is 9.95. The molecule has 0 saturated heterocycles. The Morgan fingerprint density at radius 2 is 1.43 bits per heavy atom. The minimum Gasteiger partial charge on any atom is -0.493 e. The molecule has 152 valence electrons. The summed E-state index contributed by atoms with van der Waals surface area (Å²) in [5, 5.41) is 3.12. The molecular formula is C22H29NO5. The average molecular weight is 387 g/mol. The molecule has 0 unspecified atom stereocenters. The number of hydrogen-bond acceptors (Lipinski definition) is 5. The van der Waals surface area contributed by atoms with Gasteiger partial charge in [-0.25, -0.2) is 0 Å². The predicted octanol–water partition coefficient (Wildman–Crippen LogP) is 4.16. The number of benzene rings is 2. The molecule has 2 rings (SSSR count). The summed E-state index contributed by atoms with van der Waals surface area (Å²) in [6.07, 6.45) is 1.56. The fraction of sp³-hybridized carbons (Fsp3) is 0.409. The Morgan fingerprint density at radius 3 is 1.96 bits per heavy atom. The number of ether oxygens (including phenoxy) is 4. The second kappa shape index (κ2) is 9.88. The van der Waals surface area contributed by atoms with Crippen LogP contribution in [0.15, 0.2) is 30.3 Å². The molecule has 0 heterocycles. The van der Waals surface area contributed by atoms with Gasteiger partial charge in [0.2, 0.25) is 0 Å². The van der Waals surface area contributed by atoms with Crippen molar-refractivity contribution in [2.45, 2.75) is 32.7 Å². The third-order valence-corrected chi connectivity index (χ3v) is 4.76. The van der Waals surface area contributed by atoms with Crippen LogP contribution in [0.5, 0.6) is 23.0 Å². The van der Waals surface area contributed by atoms with Gasteiger partial charge in [-0.3, -0.25) is 4.79 Å². The topological polar surface area (TPSA) is 66.0 Å². The maximum Gasteiger partial charge on any atom is 0.251 e. The number of carbonyl (C=O) groups is 1. The lowest BCUT2D eigenvalue weighted by molar-refractivity contribution is 0.0935. The van der Waals surface area contributed by atoms with Crippen molar-refractivity contribution in [1.82, 2.24) is 5.32 Å². The molecule has 0 aliphatic carbocycles. The quantitative estimate of drug-likeness (QED) is 0.700. The zero-order chi connectivity index (χ0) is 20.7. The summed E-state index contributed by atoms with van der Waals surface area (Å²) in [6.45, 7) is 4.11. The monoisotopic (exact) mass is 387 g/mol. The number of carbonyl (C=O) groups excluding carboxylic acids is 1. The fourth-order valence-electron chi connectivity index (χ4n) is 3.19. The largest absolute Gasteiger partial charge is 0.493 e. The van der Waals surface area contributed by atoms with Crippen molar-refractivity contribution >= 4 is 5.91 Å². The van der Waals surface area contributed by atoms with Crippen LogP contribution in [0.25, 0.3) is 0 Å². The number of methoxy groups -OCH3 is 4. The summed E-state index contributed by atoms with van der Waals surface area (Å²) in [7, 11) is 6.34. The van der Waals surface area contributed by atoms with E-state index in [0.717, 1.165) is 24.0 Å². The van der Waals surface area contributed by atoms with E-state index >= 15 is 0 Å². The first-order chi connectivity index (χ1) is 13.5. The summed E-state index contributed by atoms with van der Waals surface area (Å²) in [5.41, 5.74) is 2.64. The lowest BCUT2D eigenvalue weighted by Crippen LogP contribution is -2.29. The van der Waals surface area contributed by atoms with E-state index in [-0.39, 0.29) is 11.9 Å². The van der Waals surface area contributed by atoms with E-state index in [2.05, 4.69) is 12.2 Å². The van der Waals surface area contributed by atoms with Crippen molar-refractivity contribution in [2.75, 3.05) is 28.4 Å². The molecule has 6 heteroatoms. The van der Waals surface area contributed by atoms with Gasteiger partial charge >= 0.3 is 0 Å². The normalized spacial score (nSPS) is 11.5. The van der Waals surface area contributed by atoms with E-state index < -0.39 is 0 Å². The molecule has 0 aliphatic rings. The first-order valence-electron chi connectivity index (χ1n) is 9.30. The molecular weight excluding hydrogens is 358 g/mol. The fourth-order valence-corrected chi connectivity index (χ4v) is 3.19. The molecule has 6 nitrogen and oxygen atoms in total. The van der Waals surface area contributed by atoms with E-state index in [1.54, 1.807) is 46.6 Å². The van der Waals surface area contributed by atoms with Crippen LogP contribution < -0.4 is 24.3 Å². The van der Waals surface area contributed by atoms with Crippen molar-refractivity contribution in [3.63, 3.8) is 0 Å². The van der Waals surface area contributed by atoms with Crippen LogP contribution in [0.4, 0.5) is 0 Å². The van der Waals surface area contributed by atoms with Gasteiger partial charge in [0, 0.05) is 5.56 Å². The SMILES string of the molecule is CCc1cc(OC)c(OC)cc1[C@H](CC)NC(=O)c1ccc(OC)c(OC)c1. The lowest BCUT2D eigenvalue weighted by Gasteiger charge is -2.22. The van der Waals surface area contributed by atoms with E-state index in [1.165, 1.54) is 0 Å². The highest BCUT2D eigenvalue weighted by Crippen LogP contribution is 2.35. The molecule has 28 heavy (non-hydrogen) atoms. The molecule has 2 aromatic carbocycles. The van der Waals surface area contributed by atoms with Gasteiger partial charge in [-0.1, -0.05) is 13.8 Å². The molecule has 0 saturated carbocycles. The van der Waals surface area contributed by atoms with Crippen LogP contribution in [0.1, 0.15) is 47.8 Å². The molecule has 0 aliphatic heterocycles. The maximum absolute atomic E-state index is 12.9. The molecule has 0 aromatic heterocycles. The smallest absolute Gasteiger partial charge is 0.251 e. The summed E-state index contributed by atoms with van der Waals surface area (Å²) in [6, 6.07) is 8.88. The molecule has 0 bridgehead atoms. The Labute approximate surface area is 166 Å². The van der Waals surface area contributed by atoms with Crippen molar-refractivity contribution in [1.29, 1.82) is 0 Å². The highest BCUT2D eigenvalue weighted by molar-refractivity contribution is 5.95. The standard InChI is InChI=1S/C22H29NO5/c1-7-14-11-20(27-5)21(28-6)13-16(14)17(8-2)23-22(24)15-9-10-18(25-3)19(12-15)26-4/h9-13,17H,7-8H2,1-6H3,(H,23,24)/t17-/m0/s1. The van der Waals surface area contributed by atoms with Gasteiger partial charge in [-0.2, -0.15) is 0 Å². The highest BCUT2D eigenvalue weighted by atomic mass is 16.5. The summed E-state index contributed by atoms with van der Waals surface area (Å²) in [4.78, 5) is 12.9. The molecule has 1 N–H and O–H groups in total. The Kier molecular flexibility index (Phi) is 7.55. The third-order valence-electron chi connectivity index (χ3n) is 4.76. The van der Waals surface area contributed by atoms with Crippen LogP contribution in [-0.2, 0) is 6.42 Å². The first kappa shape index (κ1) is 21.4. The van der Waals surface area contributed by atoms with Crippen molar-refractivity contribution in [3.05, 3.63) is 47.0 Å². The van der Waals surface area contributed by atoms with Gasteiger partial charge in [0.25, 0.3) is 5.91 Å². The Morgan fingerprint density at radius 1 is 0.857 bits per heavy atom. The highest BCUT2D eigenvalue weighted by Gasteiger charge is 2.20. The molecule has 2 aromatic rings. The predicted molar refractivity (Wildman–Crippen MR) is 109 cm³/mol. The number of hydrogen-bond donors (Lipinski definition) is 1. The van der Waals surface area contributed by atoms with Gasteiger partial charge in [0.1, 0.15) is 0 Å². The Hall–Kier alpha value is -2.89. The number of aryl methyl sites for hydroxylation is 1. The molecule has 0 spiro atoms. The number of amides is 1. The first-order valence-corrected chi connectivity index (χ1v) is 9.30. The second-order valence-electron chi connectivity index (χ2n) is 6.26. The number of rotatable bonds is 9. The minimum absolute atomic E-state index is 0.157. The van der Waals surface area contributed by atoms with Crippen molar-refractivity contribution in [3.8, 4) is 23.0 Å². The van der Waals surface area contributed by atoms with Crippen LogP contribution >= 0.6 is 0 Å². The summed E-state index contributed by atoms with van der Waals surface area (Å²) in [5.74, 6) is 2.25. The van der Waals surface area contributed by atoms with E-state index in [4.69, 9.17) is 18.9 Å². The maximum atomic E-state index is 12.9. The average Bonchev–Trinajstić information content (AvgIpc) is 2.75. The second-order valence-corrected chi connectivity index (χ2v) is 6.26. The Bertz CT molecular complexity index is 819. The van der Waals surface area contributed by atoms with Gasteiger partial charge < -0.3 is 24.3 Å². The van der Waals surface area contributed by atoms with E-state index in [1.807, 2.05) is 19.1 Å². The zero-order valence-corrected chi connectivity index (χ0v) is 17.4. The van der Waals surface area contributed by atoms with Crippen LogP contribution in [0.3, 0.4) is 0 Å². The zero-order valence-electron chi connectivity index (χ0n) is 17.4. The molecule has 0 radical (unpaired) electrons. The van der Waals surface area contributed by atoms with Crippen LogP contribution in [-0.4, -0.2) is 34.3 Å². The summed E-state index contributed by atoms with van der Waals surface area (Å²) < 4.78 is 21.4. The number of nitrogens with one attached hydrogen (secondary N) is 1. The van der Waals surface area contributed by atoms with Gasteiger partial charge in [0.05, 0.1) is 34.5 Å². The van der Waals surface area contributed by atoms with Gasteiger partial charge in [0.15, 0.2) is 23.0 Å². The van der Waals surface area contributed by atoms with Gasteiger partial charge in [-0.15, -0.1) is 0 Å². The minimum atomic E-state index is -0.176. The van der Waals surface area contributed by atoms with E-state index in [0.29, 0.717) is 28.6 Å². The van der Waals surface area contributed by atoms with Gasteiger partial charge in [-0.05, 0) is 54.3 Å². The Balaban J connectivity index is 2.35. The summed E-state index contributed by atoms with van der Waals surface area (Å²) >= 11 is 0. The third kappa shape index (κ3) is 4.50. The molecule has 0 fully saturated rings. The van der Waals surface area contributed by atoms with E-state index in [9.17, 15) is 4.79 Å². The van der Waals surface area contributed by atoms with Crippen molar-refractivity contribution < 1.29 is 23.7 Å². The van der Waals surface area contributed by atoms with Crippen LogP contribution in [0.2, 0.25) is 0 Å².